The number of benzene rings is 2. The fraction of sp³-hybridized carbons (Fsp3) is 0.591. The van der Waals surface area contributed by atoms with Crippen LogP contribution in [-0.4, -0.2) is 94.9 Å². The minimum absolute atomic E-state index is 0.00350. The van der Waals surface area contributed by atoms with Crippen LogP contribution < -0.4 is 31.9 Å². The van der Waals surface area contributed by atoms with Gasteiger partial charge in [0.25, 0.3) is 0 Å². The first-order chi connectivity index (χ1) is 27.7. The number of epoxide rings is 1. The third-order valence-electron chi connectivity index (χ3n) is 11.0. The molecule has 3 aliphatic rings. The van der Waals surface area contributed by atoms with Gasteiger partial charge in [0.15, 0.2) is 5.78 Å². The van der Waals surface area contributed by atoms with E-state index in [9.17, 15) is 28.8 Å². The molecule has 316 valence electrons. The minimum Gasteiger partial charge on any atom is -0.361 e. The Balaban J connectivity index is 1.25. The number of aryl methyl sites for hydroxylation is 1. The molecular formula is C44H62N6O7S. The second-order valence-electron chi connectivity index (χ2n) is 17.0. The van der Waals surface area contributed by atoms with Crippen LogP contribution in [0, 0.1) is 11.8 Å². The van der Waals surface area contributed by atoms with Crippen molar-refractivity contribution in [3.63, 3.8) is 0 Å². The maximum Gasteiger partial charge on any atom is 0.315 e. The van der Waals surface area contributed by atoms with Gasteiger partial charge in [0.1, 0.15) is 23.7 Å². The van der Waals surface area contributed by atoms with Crippen molar-refractivity contribution in [3.05, 3.63) is 71.8 Å². The van der Waals surface area contributed by atoms with E-state index in [0.29, 0.717) is 37.5 Å². The van der Waals surface area contributed by atoms with Crippen LogP contribution in [-0.2, 0) is 41.6 Å². The number of ketones is 1. The van der Waals surface area contributed by atoms with Crippen LogP contribution in [0.2, 0.25) is 0 Å². The summed E-state index contributed by atoms with van der Waals surface area (Å²) in [7, 11) is 0. The molecule has 58 heavy (non-hydrogen) atoms. The van der Waals surface area contributed by atoms with Crippen LogP contribution in [0.4, 0.5) is 4.79 Å². The average molecular weight is 819 g/mol. The highest BCUT2D eigenvalue weighted by atomic mass is 32.2. The molecule has 3 heterocycles. The normalized spacial score (nSPS) is 22.8. The molecule has 0 aromatic heterocycles. The van der Waals surface area contributed by atoms with E-state index in [1.54, 1.807) is 6.92 Å². The Bertz CT molecular complexity index is 1720. The average Bonchev–Trinajstić information content (AvgIpc) is 3.68. The summed E-state index contributed by atoms with van der Waals surface area (Å²) in [5, 5.41) is 18.0. The number of nitrogens with one attached hydrogen (secondary N) is 6. The molecule has 0 radical (unpaired) electrons. The Kier molecular flexibility index (Phi) is 16.2. The lowest BCUT2D eigenvalue weighted by atomic mass is 9.93. The van der Waals surface area contributed by atoms with Crippen molar-refractivity contribution in [3.8, 4) is 0 Å². The number of thioether (sulfide) groups is 1. The Labute approximate surface area is 347 Å². The second-order valence-corrected chi connectivity index (χ2v) is 18.3. The van der Waals surface area contributed by atoms with Gasteiger partial charge in [-0.15, -0.1) is 0 Å². The number of carbonyl (C=O) groups is 6. The molecule has 5 rings (SSSR count). The number of amides is 6. The van der Waals surface area contributed by atoms with Crippen LogP contribution in [0.25, 0.3) is 0 Å². The van der Waals surface area contributed by atoms with Crippen molar-refractivity contribution in [1.82, 2.24) is 31.9 Å². The van der Waals surface area contributed by atoms with Gasteiger partial charge in [-0.25, -0.2) is 4.79 Å². The third kappa shape index (κ3) is 13.3. The molecule has 6 N–H and O–H groups in total. The minimum atomic E-state index is -1.04. The van der Waals surface area contributed by atoms with Crippen LogP contribution in [0.3, 0.4) is 0 Å². The molecule has 6 amide bonds. The quantitative estimate of drug-likeness (QED) is 0.0553. The van der Waals surface area contributed by atoms with E-state index < -0.39 is 47.5 Å². The summed E-state index contributed by atoms with van der Waals surface area (Å²) in [6, 6.07) is 15.4. The van der Waals surface area contributed by atoms with E-state index in [-0.39, 0.29) is 60.9 Å². The van der Waals surface area contributed by atoms with Crippen molar-refractivity contribution >= 4 is 47.2 Å². The highest BCUT2D eigenvalue weighted by molar-refractivity contribution is 8.00. The van der Waals surface area contributed by atoms with Crippen LogP contribution in [0.5, 0.6) is 0 Å². The van der Waals surface area contributed by atoms with Gasteiger partial charge in [-0.2, -0.15) is 11.8 Å². The molecular weight excluding hydrogens is 757 g/mol. The zero-order valence-corrected chi connectivity index (χ0v) is 35.3. The van der Waals surface area contributed by atoms with Gasteiger partial charge in [0.05, 0.1) is 24.7 Å². The monoisotopic (exact) mass is 818 g/mol. The molecule has 8 atom stereocenters. The summed E-state index contributed by atoms with van der Waals surface area (Å²) < 4.78 is 5.42. The van der Waals surface area contributed by atoms with Crippen molar-refractivity contribution in [2.24, 2.45) is 11.8 Å². The molecule has 0 spiro atoms. The predicted octanol–water partition coefficient (Wildman–Crippen LogP) is 3.98. The highest BCUT2D eigenvalue weighted by Crippen LogP contribution is 2.33. The Morgan fingerprint density at radius 1 is 0.759 bits per heavy atom. The fourth-order valence-electron chi connectivity index (χ4n) is 7.67. The molecule has 3 fully saturated rings. The molecule has 2 aromatic carbocycles. The summed E-state index contributed by atoms with van der Waals surface area (Å²) in [5.41, 5.74) is 0.892. The van der Waals surface area contributed by atoms with Gasteiger partial charge in [0.2, 0.25) is 23.6 Å². The lowest BCUT2D eigenvalue weighted by Gasteiger charge is -2.28. The van der Waals surface area contributed by atoms with Crippen molar-refractivity contribution in [2.45, 2.75) is 140 Å². The largest absolute Gasteiger partial charge is 0.361 e. The lowest BCUT2D eigenvalue weighted by molar-refractivity contribution is -0.135. The van der Waals surface area contributed by atoms with Crippen molar-refractivity contribution < 1.29 is 33.5 Å². The maximum absolute atomic E-state index is 14.2. The van der Waals surface area contributed by atoms with E-state index in [1.165, 1.54) is 0 Å². The van der Waals surface area contributed by atoms with E-state index in [4.69, 9.17) is 4.74 Å². The summed E-state index contributed by atoms with van der Waals surface area (Å²) in [4.78, 5) is 80.8. The van der Waals surface area contributed by atoms with Gasteiger partial charge in [-0.1, -0.05) is 94.8 Å². The van der Waals surface area contributed by atoms with E-state index in [1.807, 2.05) is 100 Å². The van der Waals surface area contributed by atoms with Gasteiger partial charge >= 0.3 is 6.03 Å². The van der Waals surface area contributed by atoms with Crippen molar-refractivity contribution in [2.75, 3.05) is 12.4 Å². The third-order valence-corrected chi connectivity index (χ3v) is 12.5. The number of Topliss-reactive ketones (excluding diaryl/α,β-unsaturated/α-hetero) is 1. The number of ether oxygens (including phenoxy) is 1. The van der Waals surface area contributed by atoms with Crippen LogP contribution in [0.15, 0.2) is 60.7 Å². The number of carbonyl (C=O) groups excluding carboxylic acids is 6. The summed E-state index contributed by atoms with van der Waals surface area (Å²) in [6.45, 7) is 9.85. The molecule has 0 aliphatic carbocycles. The molecule has 0 saturated carbocycles. The zero-order valence-electron chi connectivity index (χ0n) is 34.5. The molecule has 13 nitrogen and oxygen atoms in total. The highest BCUT2D eigenvalue weighted by Gasteiger charge is 2.50. The van der Waals surface area contributed by atoms with E-state index in [0.717, 1.165) is 29.7 Å². The lowest BCUT2D eigenvalue weighted by Crippen LogP contribution is -2.59. The Morgan fingerprint density at radius 2 is 1.33 bits per heavy atom. The van der Waals surface area contributed by atoms with Gasteiger partial charge < -0.3 is 36.6 Å². The fourth-order valence-corrected chi connectivity index (χ4v) is 9.21. The van der Waals surface area contributed by atoms with Gasteiger partial charge in [-0.3, -0.25) is 24.0 Å². The Hall–Kier alpha value is -4.43. The molecule has 2 aromatic rings. The zero-order chi connectivity index (χ0) is 41.8. The topological polar surface area (TPSA) is 187 Å². The number of hydrogen-bond donors (Lipinski definition) is 6. The van der Waals surface area contributed by atoms with E-state index in [2.05, 4.69) is 31.9 Å². The number of fused-ring (bicyclic) bond motifs is 1. The number of urea groups is 1. The molecule has 0 bridgehead atoms. The van der Waals surface area contributed by atoms with Crippen LogP contribution >= 0.6 is 11.8 Å². The number of rotatable bonds is 23. The standard InChI is InChI=1S/C44H62N6O7S/c1-27(2)22-32(39(52)44(5)26-57-44)46-42(55)34(24-30-16-10-7-11-17-30)48-41(54)33(23-28(3)4)47-40(53)31(21-20-29-14-8-6-9-15-29)45-37(51)19-13-12-18-36-38-35(25-58-36)49-43(56)50-38/h6-11,14-17,27-28,31-36,38H,12-13,18-26H2,1-5H3,(H,45,51)(H,46,55)(H,47,53)(H,48,54)(H2,49,50,56)/t31-,32-,33-,34-,35-,36?,38-,44+/m0/s1. The molecule has 3 saturated heterocycles. The van der Waals surface area contributed by atoms with Gasteiger partial charge in [-0.05, 0) is 68.4 Å². The first-order valence-electron chi connectivity index (χ1n) is 20.9. The first kappa shape index (κ1) is 44.7. The first-order valence-corrected chi connectivity index (χ1v) is 21.9. The predicted molar refractivity (Wildman–Crippen MR) is 225 cm³/mol. The molecule has 1 unspecified atom stereocenters. The number of unbranched alkanes of at least 4 members (excludes halogenated alkanes) is 1. The second kappa shape index (κ2) is 21.0. The summed E-state index contributed by atoms with van der Waals surface area (Å²) in [6.07, 6.45) is 4.26. The number of hydrogen-bond acceptors (Lipinski definition) is 8. The Morgan fingerprint density at radius 3 is 1.97 bits per heavy atom. The smallest absolute Gasteiger partial charge is 0.315 e. The van der Waals surface area contributed by atoms with Crippen LogP contribution in [0.1, 0.15) is 90.7 Å². The van der Waals surface area contributed by atoms with Crippen molar-refractivity contribution in [1.29, 1.82) is 0 Å². The summed E-state index contributed by atoms with van der Waals surface area (Å²) in [5.74, 6) is -0.972. The summed E-state index contributed by atoms with van der Waals surface area (Å²) >= 11 is 1.84. The van der Waals surface area contributed by atoms with E-state index >= 15 is 0 Å². The maximum atomic E-state index is 14.2. The SMILES string of the molecule is CC(C)C[C@H](NC(=O)[C@H](CCc1ccccc1)NC(=O)CCCCC1SC[C@@H]2NC(=O)N[C@H]12)C(=O)N[C@@H](Cc1ccccc1)C(=O)N[C@@H](CC(C)C)C(=O)[C@@]1(C)CO1. The molecule has 14 heteroatoms. The molecule has 3 aliphatic heterocycles. The van der Waals surface area contributed by atoms with Gasteiger partial charge in [0, 0.05) is 23.8 Å².